The fourth-order valence-corrected chi connectivity index (χ4v) is 3.58. The number of methoxy groups -OCH3 is 1. The van der Waals surface area contributed by atoms with Gasteiger partial charge < -0.3 is 9.47 Å². The lowest BCUT2D eigenvalue weighted by Gasteiger charge is -2.42. The van der Waals surface area contributed by atoms with E-state index in [0.717, 1.165) is 38.8 Å². The second-order valence-electron chi connectivity index (χ2n) is 5.72. The number of Topliss-reactive ketones (excluding diaryl/α,β-unsaturated/α-hetero) is 1. The van der Waals surface area contributed by atoms with Gasteiger partial charge >= 0.3 is 0 Å². The fourth-order valence-electron chi connectivity index (χ4n) is 3.58. The summed E-state index contributed by atoms with van der Waals surface area (Å²) in [6.45, 7) is 3.05. The van der Waals surface area contributed by atoms with Crippen LogP contribution in [0.5, 0.6) is 5.75 Å². The van der Waals surface area contributed by atoms with Crippen molar-refractivity contribution < 1.29 is 14.3 Å². The first-order chi connectivity index (χ1) is 10.3. The van der Waals surface area contributed by atoms with Crippen molar-refractivity contribution in [3.63, 3.8) is 0 Å². The van der Waals surface area contributed by atoms with E-state index in [4.69, 9.17) is 9.47 Å². The lowest BCUT2D eigenvalue weighted by Crippen LogP contribution is -2.56. The van der Waals surface area contributed by atoms with E-state index in [1.54, 1.807) is 19.4 Å². The number of morpholine rings is 1. The molecule has 1 aliphatic carbocycles. The van der Waals surface area contributed by atoms with Crippen LogP contribution in [-0.2, 0) is 4.74 Å². The number of hydrogen-bond acceptors (Lipinski definition) is 5. The molecule has 2 fully saturated rings. The van der Waals surface area contributed by atoms with Gasteiger partial charge in [0.05, 0.1) is 25.9 Å². The molecule has 1 saturated heterocycles. The van der Waals surface area contributed by atoms with E-state index in [1.165, 1.54) is 0 Å². The third-order valence-electron chi connectivity index (χ3n) is 4.68. The van der Waals surface area contributed by atoms with Gasteiger partial charge in [0.1, 0.15) is 11.4 Å². The van der Waals surface area contributed by atoms with Crippen molar-refractivity contribution in [2.45, 2.75) is 31.2 Å². The van der Waals surface area contributed by atoms with Gasteiger partial charge in [-0.05, 0) is 25.0 Å². The molecule has 5 heteroatoms. The fraction of sp³-hybridized carbons (Fsp3) is 0.625. The van der Waals surface area contributed by atoms with Crippen molar-refractivity contribution in [3.05, 3.63) is 24.0 Å². The van der Waals surface area contributed by atoms with E-state index in [-0.39, 0.29) is 5.78 Å². The van der Waals surface area contributed by atoms with Crippen LogP contribution in [0.3, 0.4) is 0 Å². The zero-order valence-corrected chi connectivity index (χ0v) is 12.5. The molecule has 1 aromatic rings. The third kappa shape index (κ3) is 2.56. The third-order valence-corrected chi connectivity index (χ3v) is 4.68. The summed E-state index contributed by atoms with van der Waals surface area (Å²) in [7, 11) is 1.59. The van der Waals surface area contributed by atoms with Gasteiger partial charge in [-0.25, -0.2) is 4.98 Å². The number of ether oxygens (including phenoxy) is 2. The van der Waals surface area contributed by atoms with Gasteiger partial charge in [-0.15, -0.1) is 0 Å². The highest BCUT2D eigenvalue weighted by Gasteiger charge is 2.47. The Bertz CT molecular complexity index is 506. The number of pyridine rings is 1. The van der Waals surface area contributed by atoms with Crippen LogP contribution in [0.2, 0.25) is 0 Å². The van der Waals surface area contributed by atoms with Crippen molar-refractivity contribution >= 4 is 5.78 Å². The summed E-state index contributed by atoms with van der Waals surface area (Å²) in [5.74, 6) is 0.682. The molecule has 0 bridgehead atoms. The number of ketones is 1. The SMILES string of the molecule is COc1cccnc1C(=O)C1(N2CCOCC2)CCCC1. The van der Waals surface area contributed by atoms with E-state index in [0.29, 0.717) is 24.7 Å². The van der Waals surface area contributed by atoms with Crippen molar-refractivity contribution in [2.24, 2.45) is 0 Å². The molecule has 2 heterocycles. The minimum Gasteiger partial charge on any atom is -0.494 e. The van der Waals surface area contributed by atoms with Gasteiger partial charge in [-0.1, -0.05) is 12.8 Å². The van der Waals surface area contributed by atoms with Crippen LogP contribution in [-0.4, -0.2) is 54.6 Å². The zero-order chi connectivity index (χ0) is 14.7. The molecule has 1 aromatic heterocycles. The van der Waals surface area contributed by atoms with Crippen molar-refractivity contribution in [1.82, 2.24) is 9.88 Å². The predicted octanol–water partition coefficient (Wildman–Crippen LogP) is 1.92. The molecule has 0 unspecified atom stereocenters. The largest absolute Gasteiger partial charge is 0.494 e. The number of hydrogen-bond donors (Lipinski definition) is 0. The average Bonchev–Trinajstić information content (AvgIpc) is 3.06. The second-order valence-corrected chi connectivity index (χ2v) is 5.72. The number of carbonyl (C=O) groups is 1. The zero-order valence-electron chi connectivity index (χ0n) is 12.5. The minimum atomic E-state index is -0.411. The smallest absolute Gasteiger partial charge is 0.205 e. The molecule has 1 aliphatic heterocycles. The van der Waals surface area contributed by atoms with Gasteiger partial charge in [-0.3, -0.25) is 9.69 Å². The summed E-state index contributed by atoms with van der Waals surface area (Å²) in [4.78, 5) is 19.8. The molecule has 0 spiro atoms. The number of rotatable bonds is 4. The maximum absolute atomic E-state index is 13.2. The molecule has 21 heavy (non-hydrogen) atoms. The van der Waals surface area contributed by atoms with Crippen LogP contribution < -0.4 is 4.74 Å². The van der Waals surface area contributed by atoms with E-state index in [2.05, 4.69) is 9.88 Å². The normalized spacial score (nSPS) is 22.1. The first-order valence-electron chi connectivity index (χ1n) is 7.64. The summed E-state index contributed by atoms with van der Waals surface area (Å²) in [5.41, 5.74) is 0.0548. The van der Waals surface area contributed by atoms with E-state index >= 15 is 0 Å². The van der Waals surface area contributed by atoms with Crippen LogP contribution in [0.15, 0.2) is 18.3 Å². The van der Waals surface area contributed by atoms with E-state index < -0.39 is 5.54 Å². The first kappa shape index (κ1) is 14.5. The summed E-state index contributed by atoms with van der Waals surface area (Å²) >= 11 is 0. The molecule has 0 aromatic carbocycles. The predicted molar refractivity (Wildman–Crippen MR) is 78.7 cm³/mol. The Hall–Kier alpha value is -1.46. The first-order valence-corrected chi connectivity index (χ1v) is 7.64. The van der Waals surface area contributed by atoms with Gasteiger partial charge in [0, 0.05) is 19.3 Å². The van der Waals surface area contributed by atoms with Crippen molar-refractivity contribution in [3.8, 4) is 5.75 Å². The topological polar surface area (TPSA) is 51.7 Å². The van der Waals surface area contributed by atoms with Crippen LogP contribution in [0.1, 0.15) is 36.2 Å². The lowest BCUT2D eigenvalue weighted by molar-refractivity contribution is -0.0133. The van der Waals surface area contributed by atoms with Crippen molar-refractivity contribution in [2.75, 3.05) is 33.4 Å². The van der Waals surface area contributed by atoms with E-state index in [9.17, 15) is 4.79 Å². The molecule has 114 valence electrons. The minimum absolute atomic E-state index is 0.111. The molecule has 5 nitrogen and oxygen atoms in total. The molecule has 1 saturated carbocycles. The highest BCUT2D eigenvalue weighted by molar-refractivity contribution is 6.04. The van der Waals surface area contributed by atoms with Crippen LogP contribution >= 0.6 is 0 Å². The van der Waals surface area contributed by atoms with Gasteiger partial charge in [-0.2, -0.15) is 0 Å². The molecule has 0 amide bonds. The van der Waals surface area contributed by atoms with Crippen LogP contribution in [0, 0.1) is 0 Å². The molecule has 0 radical (unpaired) electrons. The molecule has 0 N–H and O–H groups in total. The van der Waals surface area contributed by atoms with Gasteiger partial charge in [0.25, 0.3) is 0 Å². The van der Waals surface area contributed by atoms with Gasteiger partial charge in [0.15, 0.2) is 0 Å². The number of aromatic nitrogens is 1. The Balaban J connectivity index is 1.95. The Kier molecular flexibility index (Phi) is 4.22. The number of carbonyl (C=O) groups excluding carboxylic acids is 1. The van der Waals surface area contributed by atoms with Gasteiger partial charge in [0.2, 0.25) is 5.78 Å². The highest BCUT2D eigenvalue weighted by atomic mass is 16.5. The summed E-state index contributed by atoms with van der Waals surface area (Å²) in [6, 6.07) is 3.61. The molecule has 3 rings (SSSR count). The monoisotopic (exact) mass is 290 g/mol. The van der Waals surface area contributed by atoms with Crippen molar-refractivity contribution in [1.29, 1.82) is 0 Å². The Morgan fingerprint density at radius 2 is 2.05 bits per heavy atom. The maximum Gasteiger partial charge on any atom is 0.205 e. The Labute approximate surface area is 125 Å². The maximum atomic E-state index is 13.2. The summed E-state index contributed by atoms with van der Waals surface area (Å²) in [6.07, 6.45) is 5.67. The molecule has 0 atom stereocenters. The summed E-state index contributed by atoms with van der Waals surface area (Å²) in [5, 5.41) is 0. The lowest BCUT2D eigenvalue weighted by atomic mass is 9.87. The summed E-state index contributed by atoms with van der Waals surface area (Å²) < 4.78 is 10.8. The standard InChI is InChI=1S/C16H22N2O3/c1-20-13-5-4-8-17-14(13)15(19)16(6-2-3-7-16)18-9-11-21-12-10-18/h4-5,8H,2-3,6-7,9-12H2,1H3. The number of nitrogens with zero attached hydrogens (tertiary/aromatic N) is 2. The highest BCUT2D eigenvalue weighted by Crippen LogP contribution is 2.39. The second kappa shape index (κ2) is 6.12. The molecular weight excluding hydrogens is 268 g/mol. The average molecular weight is 290 g/mol. The molecular formula is C16H22N2O3. The quantitative estimate of drug-likeness (QED) is 0.793. The Morgan fingerprint density at radius 1 is 1.33 bits per heavy atom. The molecule has 2 aliphatic rings. The Morgan fingerprint density at radius 3 is 2.71 bits per heavy atom. The van der Waals surface area contributed by atoms with Crippen LogP contribution in [0.4, 0.5) is 0 Å². The van der Waals surface area contributed by atoms with Crippen LogP contribution in [0.25, 0.3) is 0 Å². The van der Waals surface area contributed by atoms with E-state index in [1.807, 2.05) is 6.07 Å².